The van der Waals surface area contributed by atoms with Crippen LogP contribution in [0.2, 0.25) is 0 Å². The third-order valence-electron chi connectivity index (χ3n) is 4.01. The number of rotatable bonds is 6. The molecular weight excluding hydrogens is 246 g/mol. The van der Waals surface area contributed by atoms with E-state index in [1.807, 2.05) is 17.8 Å². The molecule has 0 aliphatic carbocycles. The Balaban J connectivity index is 2.01. The Hall–Kier alpha value is -1.03. The van der Waals surface area contributed by atoms with E-state index < -0.39 is 0 Å². The Morgan fingerprint density at radius 1 is 1.50 bits per heavy atom. The van der Waals surface area contributed by atoms with Crippen molar-refractivity contribution < 1.29 is 9.59 Å². The van der Waals surface area contributed by atoms with Gasteiger partial charge < -0.3 is 10.1 Å². The maximum Gasteiger partial charge on any atom is 0.247 e. The highest BCUT2D eigenvalue weighted by Crippen LogP contribution is 2.51. The lowest BCUT2D eigenvalue weighted by atomic mass is 9.77. The molecule has 2 fully saturated rings. The number of hydrogen-bond acceptors (Lipinski definition) is 3. The molecule has 18 heavy (non-hydrogen) atoms. The van der Waals surface area contributed by atoms with Crippen LogP contribution in [0.1, 0.15) is 25.7 Å². The standard InChI is InChI=1S/C14H19NO2S/c1-3-14-9-18-11(7-5-4-6-8-16)12(14)15-13(17)10(14)2/h3,8,11-12H,1-2,4-7,9H2,(H,15,17). The van der Waals surface area contributed by atoms with E-state index in [1.54, 1.807) is 0 Å². The highest BCUT2D eigenvalue weighted by molar-refractivity contribution is 8.00. The van der Waals surface area contributed by atoms with Crippen LogP contribution in [0, 0.1) is 5.41 Å². The van der Waals surface area contributed by atoms with Gasteiger partial charge in [-0.2, -0.15) is 11.8 Å². The van der Waals surface area contributed by atoms with E-state index in [0.717, 1.165) is 31.3 Å². The molecule has 2 saturated heterocycles. The van der Waals surface area contributed by atoms with Crippen molar-refractivity contribution in [3.63, 3.8) is 0 Å². The van der Waals surface area contributed by atoms with Gasteiger partial charge in [0.2, 0.25) is 5.91 Å². The third-order valence-corrected chi connectivity index (χ3v) is 5.59. The first-order valence-electron chi connectivity index (χ1n) is 6.35. The van der Waals surface area contributed by atoms with Crippen LogP contribution in [0.3, 0.4) is 0 Å². The zero-order valence-electron chi connectivity index (χ0n) is 10.5. The lowest BCUT2D eigenvalue weighted by Crippen LogP contribution is -2.39. The van der Waals surface area contributed by atoms with E-state index in [0.29, 0.717) is 17.2 Å². The third kappa shape index (κ3) is 2.03. The lowest BCUT2D eigenvalue weighted by molar-refractivity contribution is -0.116. The largest absolute Gasteiger partial charge is 0.347 e. The predicted octanol–water partition coefficient (Wildman–Crippen LogP) is 2.09. The van der Waals surface area contributed by atoms with Crippen molar-refractivity contribution >= 4 is 24.0 Å². The molecule has 0 radical (unpaired) electrons. The fraction of sp³-hybridized carbons (Fsp3) is 0.571. The molecule has 0 aromatic rings. The van der Waals surface area contributed by atoms with Gasteiger partial charge in [0, 0.05) is 28.4 Å². The van der Waals surface area contributed by atoms with Crippen molar-refractivity contribution in [2.24, 2.45) is 5.41 Å². The number of amides is 1. The van der Waals surface area contributed by atoms with Crippen LogP contribution in [0.25, 0.3) is 0 Å². The molecule has 3 atom stereocenters. The molecule has 2 heterocycles. The number of aldehydes is 1. The maximum atomic E-state index is 11.8. The second kappa shape index (κ2) is 5.31. The molecule has 2 rings (SSSR count). The van der Waals surface area contributed by atoms with Gasteiger partial charge in [-0.15, -0.1) is 6.58 Å². The first kappa shape index (κ1) is 13.4. The van der Waals surface area contributed by atoms with Gasteiger partial charge in [0.1, 0.15) is 6.29 Å². The minimum atomic E-state index is -0.253. The Morgan fingerprint density at radius 2 is 2.28 bits per heavy atom. The molecule has 0 aromatic carbocycles. The van der Waals surface area contributed by atoms with Gasteiger partial charge in [0.05, 0.1) is 6.04 Å². The van der Waals surface area contributed by atoms with Crippen LogP contribution >= 0.6 is 11.8 Å². The van der Waals surface area contributed by atoms with E-state index in [2.05, 4.69) is 18.5 Å². The zero-order chi connectivity index (χ0) is 13.2. The molecule has 2 aliphatic rings. The summed E-state index contributed by atoms with van der Waals surface area (Å²) in [7, 11) is 0. The summed E-state index contributed by atoms with van der Waals surface area (Å²) < 4.78 is 0. The predicted molar refractivity (Wildman–Crippen MR) is 74.5 cm³/mol. The van der Waals surface area contributed by atoms with Crippen LogP contribution < -0.4 is 5.32 Å². The molecule has 3 unspecified atom stereocenters. The monoisotopic (exact) mass is 265 g/mol. The summed E-state index contributed by atoms with van der Waals surface area (Å²) in [6, 6.07) is 0.135. The van der Waals surface area contributed by atoms with Crippen molar-refractivity contribution in [3.8, 4) is 0 Å². The number of fused-ring (bicyclic) bond motifs is 1. The highest BCUT2D eigenvalue weighted by Gasteiger charge is 2.55. The minimum Gasteiger partial charge on any atom is -0.347 e. The van der Waals surface area contributed by atoms with Crippen LogP contribution in [-0.4, -0.2) is 29.2 Å². The molecule has 2 aliphatic heterocycles. The molecule has 4 heteroatoms. The van der Waals surface area contributed by atoms with Gasteiger partial charge in [-0.05, 0) is 12.8 Å². The zero-order valence-corrected chi connectivity index (χ0v) is 11.3. The highest BCUT2D eigenvalue weighted by atomic mass is 32.2. The summed E-state index contributed by atoms with van der Waals surface area (Å²) in [5.41, 5.74) is 0.405. The van der Waals surface area contributed by atoms with Gasteiger partial charge in [0.25, 0.3) is 0 Å². The average molecular weight is 265 g/mol. The Kier molecular flexibility index (Phi) is 3.95. The molecule has 0 aromatic heterocycles. The Labute approximate surface area is 112 Å². The number of unbranched alkanes of at least 4 members (excludes halogenated alkanes) is 2. The number of hydrogen-bond donors (Lipinski definition) is 1. The van der Waals surface area contributed by atoms with Crippen LogP contribution in [0.15, 0.2) is 24.8 Å². The fourth-order valence-electron chi connectivity index (χ4n) is 2.83. The van der Waals surface area contributed by atoms with E-state index in [9.17, 15) is 9.59 Å². The average Bonchev–Trinajstić information content (AvgIpc) is 2.84. The molecule has 98 valence electrons. The molecule has 1 N–H and O–H groups in total. The van der Waals surface area contributed by atoms with Crippen molar-refractivity contribution in [3.05, 3.63) is 24.8 Å². The molecule has 3 nitrogen and oxygen atoms in total. The smallest absolute Gasteiger partial charge is 0.247 e. The van der Waals surface area contributed by atoms with Crippen molar-refractivity contribution in [2.45, 2.75) is 37.0 Å². The summed E-state index contributed by atoms with van der Waals surface area (Å²) in [5.74, 6) is 0.856. The number of carbonyl (C=O) groups is 2. The second-order valence-electron chi connectivity index (χ2n) is 4.97. The van der Waals surface area contributed by atoms with Crippen LogP contribution in [0.5, 0.6) is 0 Å². The van der Waals surface area contributed by atoms with E-state index in [4.69, 9.17) is 0 Å². The molecule has 0 saturated carbocycles. The van der Waals surface area contributed by atoms with E-state index in [1.165, 1.54) is 0 Å². The number of carbonyl (C=O) groups excluding carboxylic acids is 2. The summed E-state index contributed by atoms with van der Waals surface area (Å²) in [6.07, 6.45) is 6.48. The Bertz CT molecular complexity index is 393. The van der Waals surface area contributed by atoms with Gasteiger partial charge in [0.15, 0.2) is 0 Å². The maximum absolute atomic E-state index is 11.8. The van der Waals surface area contributed by atoms with Gasteiger partial charge in [-0.25, -0.2) is 0 Å². The summed E-state index contributed by atoms with van der Waals surface area (Å²) in [5, 5.41) is 3.46. The first-order valence-corrected chi connectivity index (χ1v) is 7.39. The molecular formula is C14H19NO2S. The number of nitrogens with one attached hydrogen (secondary N) is 1. The van der Waals surface area contributed by atoms with E-state index in [-0.39, 0.29) is 17.4 Å². The summed E-state index contributed by atoms with van der Waals surface area (Å²) in [6.45, 7) is 7.81. The molecule has 1 amide bonds. The first-order chi connectivity index (χ1) is 8.65. The topological polar surface area (TPSA) is 46.2 Å². The number of thioether (sulfide) groups is 1. The SMILES string of the molecule is C=CC12CSC(CCCCC=O)C1NC(=O)C2=C. The van der Waals surface area contributed by atoms with Gasteiger partial charge in [-0.3, -0.25) is 4.79 Å². The molecule has 0 bridgehead atoms. The van der Waals surface area contributed by atoms with Crippen molar-refractivity contribution in [1.82, 2.24) is 5.32 Å². The minimum absolute atomic E-state index is 0.0295. The van der Waals surface area contributed by atoms with Crippen LogP contribution in [-0.2, 0) is 9.59 Å². The fourth-order valence-corrected chi connectivity index (χ4v) is 4.63. The molecule has 0 spiro atoms. The van der Waals surface area contributed by atoms with Crippen LogP contribution in [0.4, 0.5) is 0 Å². The van der Waals surface area contributed by atoms with Crippen molar-refractivity contribution in [1.29, 1.82) is 0 Å². The van der Waals surface area contributed by atoms with Gasteiger partial charge in [-0.1, -0.05) is 19.1 Å². The van der Waals surface area contributed by atoms with E-state index >= 15 is 0 Å². The summed E-state index contributed by atoms with van der Waals surface area (Å²) in [4.78, 5) is 22.0. The van der Waals surface area contributed by atoms with Gasteiger partial charge >= 0.3 is 0 Å². The van der Waals surface area contributed by atoms with Crippen molar-refractivity contribution in [2.75, 3.05) is 5.75 Å². The quantitative estimate of drug-likeness (QED) is 0.346. The normalized spacial score (nSPS) is 34.2. The second-order valence-corrected chi connectivity index (χ2v) is 6.20. The Morgan fingerprint density at radius 3 is 2.94 bits per heavy atom. The lowest BCUT2D eigenvalue weighted by Gasteiger charge is -2.25. The summed E-state index contributed by atoms with van der Waals surface area (Å²) >= 11 is 1.89.